The second-order valence-corrected chi connectivity index (χ2v) is 11.5. The molecule has 1 fully saturated rings. The molecule has 0 spiro atoms. The molecule has 2 aliphatic heterocycles. The molecule has 3 aromatic rings. The second-order valence-electron chi connectivity index (χ2n) is 9.21. The van der Waals surface area contributed by atoms with Gasteiger partial charge < -0.3 is 20.3 Å². The lowest BCUT2D eigenvalue weighted by Gasteiger charge is -2.29. The van der Waals surface area contributed by atoms with Gasteiger partial charge >= 0.3 is 11.4 Å². The minimum absolute atomic E-state index is 0.0894. The zero-order valence-electron chi connectivity index (χ0n) is 20.6. The van der Waals surface area contributed by atoms with Gasteiger partial charge in [-0.25, -0.2) is 4.79 Å². The van der Waals surface area contributed by atoms with E-state index in [9.17, 15) is 28.3 Å². The van der Waals surface area contributed by atoms with Gasteiger partial charge in [0.2, 0.25) is 0 Å². The van der Waals surface area contributed by atoms with Gasteiger partial charge in [-0.15, -0.1) is 0 Å². The fourth-order valence-electron chi connectivity index (χ4n) is 4.69. The van der Waals surface area contributed by atoms with Crippen molar-refractivity contribution in [2.45, 2.75) is 41.3 Å². The Morgan fingerprint density at radius 1 is 1.10 bits per heavy atom. The van der Waals surface area contributed by atoms with E-state index in [0.29, 0.717) is 24.3 Å². The fraction of sp³-hybridized carbons (Fsp3) is 0.269. The van der Waals surface area contributed by atoms with Crippen LogP contribution in [0.4, 0.5) is 19.3 Å². The maximum Gasteiger partial charge on any atom is 0.362 e. The van der Waals surface area contributed by atoms with E-state index >= 15 is 0 Å². The van der Waals surface area contributed by atoms with Crippen LogP contribution in [0.15, 0.2) is 51.0 Å². The molecule has 3 heterocycles. The molecule has 0 saturated carbocycles. The van der Waals surface area contributed by atoms with Gasteiger partial charge in [0.1, 0.15) is 11.3 Å². The van der Waals surface area contributed by atoms with E-state index in [-0.39, 0.29) is 51.1 Å². The molecule has 2 aromatic carbocycles. The first-order valence-corrected chi connectivity index (χ1v) is 14.0. The number of carbonyl (C=O) groups excluding carboxylic acids is 2. The number of alkyl halides is 3. The number of aliphatic hydroxyl groups is 1. The summed E-state index contributed by atoms with van der Waals surface area (Å²) in [5.41, 5.74) is 0.181. The lowest BCUT2D eigenvalue weighted by Crippen LogP contribution is -2.46. The van der Waals surface area contributed by atoms with Gasteiger partial charge in [-0.05, 0) is 59.5 Å². The number of hydrogen-bond donors (Lipinski definition) is 3. The number of rotatable bonds is 6. The van der Waals surface area contributed by atoms with Crippen LogP contribution < -0.4 is 15.8 Å². The van der Waals surface area contributed by atoms with Gasteiger partial charge in [-0.1, -0.05) is 41.0 Å². The lowest BCUT2D eigenvalue weighted by molar-refractivity contribution is 0.0740. The van der Waals surface area contributed by atoms with Gasteiger partial charge in [0.25, 0.3) is 11.5 Å². The molecule has 0 bridgehead atoms. The Balaban J connectivity index is 1.52. The number of carbonyl (C=O) groups is 2. The van der Waals surface area contributed by atoms with Crippen LogP contribution in [0.1, 0.15) is 39.2 Å². The molecule has 1 saturated heterocycles. The predicted molar refractivity (Wildman–Crippen MR) is 149 cm³/mol. The zero-order chi connectivity index (χ0) is 28.8. The highest BCUT2D eigenvalue weighted by molar-refractivity contribution is 7.99. The van der Waals surface area contributed by atoms with Crippen LogP contribution in [0.25, 0.3) is 0 Å². The molecular weight excluding hydrogens is 609 g/mol. The molecule has 2 aliphatic rings. The second kappa shape index (κ2) is 11.2. The molecule has 5 rings (SSSR count). The number of aromatic amines is 1. The van der Waals surface area contributed by atoms with Crippen LogP contribution in [0.3, 0.4) is 0 Å². The maximum absolute atomic E-state index is 14.0. The number of H-pyrrole nitrogens is 1. The highest BCUT2D eigenvalue weighted by atomic mass is 35.5. The summed E-state index contributed by atoms with van der Waals surface area (Å²) in [6.45, 7) is 0.884. The Kier molecular flexibility index (Phi) is 8.04. The van der Waals surface area contributed by atoms with Crippen molar-refractivity contribution in [3.63, 3.8) is 0 Å². The summed E-state index contributed by atoms with van der Waals surface area (Å²) in [6.07, 6.45) is 0.730. The number of aromatic nitrogens is 1. The number of fused-ring (bicyclic) bond motifs is 1. The van der Waals surface area contributed by atoms with Crippen molar-refractivity contribution < 1.29 is 23.5 Å². The van der Waals surface area contributed by atoms with Crippen LogP contribution in [0.5, 0.6) is 0 Å². The summed E-state index contributed by atoms with van der Waals surface area (Å²) in [6, 6.07) is 8.80. The molecule has 40 heavy (non-hydrogen) atoms. The van der Waals surface area contributed by atoms with Gasteiger partial charge in [-0.3, -0.25) is 14.5 Å². The summed E-state index contributed by atoms with van der Waals surface area (Å²) in [5.74, 6) is -0.713. The van der Waals surface area contributed by atoms with Gasteiger partial charge in [0.05, 0.1) is 22.3 Å². The number of amides is 3. The molecule has 0 unspecified atom stereocenters. The fourth-order valence-corrected chi connectivity index (χ4v) is 6.43. The molecule has 1 aromatic heterocycles. The van der Waals surface area contributed by atoms with Crippen LogP contribution in [0.2, 0.25) is 10.0 Å². The van der Waals surface area contributed by atoms with E-state index in [1.54, 1.807) is 18.2 Å². The van der Waals surface area contributed by atoms with Crippen LogP contribution in [0, 0.1) is 0 Å². The molecule has 3 N–H and O–H groups in total. The Morgan fingerprint density at radius 3 is 2.40 bits per heavy atom. The number of halogens is 5. The lowest BCUT2D eigenvalue weighted by atomic mass is 10.0. The first kappa shape index (κ1) is 28.7. The minimum Gasteiger partial charge on any atom is -0.392 e. The molecule has 0 aliphatic carbocycles. The first-order valence-electron chi connectivity index (χ1n) is 12.0. The van der Waals surface area contributed by atoms with Crippen molar-refractivity contribution in [2.75, 3.05) is 18.0 Å². The summed E-state index contributed by atoms with van der Waals surface area (Å²) < 4.78 is 28.0. The van der Waals surface area contributed by atoms with E-state index in [2.05, 4.69) is 5.32 Å². The summed E-state index contributed by atoms with van der Waals surface area (Å²) >= 11 is 18.5. The minimum atomic E-state index is -3.90. The standard InChI is InChI=1S/C26H21Cl3F2N4O4S/c27-16-3-1-4-17(28)22(16)40-19-9-20(26(29,30)31)33-23(37)21(19)24(38)34-10-13-7-15(12-36)18(8-14(13)11-34)35-6-2-5-32-25(35)39/h1,3-4,7-9,36H,2,5-6,10-12H2,(H,32,39)(H,33,37). The van der Waals surface area contributed by atoms with Crippen molar-refractivity contribution in [2.24, 2.45) is 0 Å². The molecule has 0 atom stereocenters. The Morgan fingerprint density at radius 2 is 1.77 bits per heavy atom. The third-order valence-electron chi connectivity index (χ3n) is 6.60. The molecule has 3 amide bonds. The maximum atomic E-state index is 14.0. The average Bonchev–Trinajstić information content (AvgIpc) is 3.32. The number of hydrogen-bond acceptors (Lipinski definition) is 5. The number of aliphatic hydroxyl groups excluding tert-OH is 1. The highest BCUT2D eigenvalue weighted by Crippen LogP contribution is 2.42. The molecule has 8 nitrogen and oxygen atoms in total. The number of nitrogens with zero attached hydrogens (tertiary/aromatic N) is 2. The number of anilines is 1. The topological polar surface area (TPSA) is 106 Å². The van der Waals surface area contributed by atoms with E-state index in [1.165, 1.54) is 21.9 Å². The van der Waals surface area contributed by atoms with Crippen LogP contribution in [-0.4, -0.2) is 40.0 Å². The Hall–Kier alpha value is -2.83. The Bertz CT molecular complexity index is 1560. The summed E-state index contributed by atoms with van der Waals surface area (Å²) in [4.78, 5) is 44.4. The highest BCUT2D eigenvalue weighted by Gasteiger charge is 2.35. The van der Waals surface area contributed by atoms with Crippen molar-refractivity contribution >= 4 is 64.2 Å². The quantitative estimate of drug-likeness (QED) is 0.304. The van der Waals surface area contributed by atoms with Crippen molar-refractivity contribution in [3.05, 3.63) is 84.7 Å². The first-order chi connectivity index (χ1) is 19.0. The average molecular weight is 630 g/mol. The number of pyridine rings is 1. The molecule has 0 radical (unpaired) electrons. The van der Waals surface area contributed by atoms with Crippen LogP contribution >= 0.6 is 46.6 Å². The summed E-state index contributed by atoms with van der Waals surface area (Å²) in [7, 11) is 0. The van der Waals surface area contributed by atoms with E-state index in [4.69, 9.17) is 34.8 Å². The van der Waals surface area contributed by atoms with Gasteiger partial charge in [0.15, 0.2) is 0 Å². The van der Waals surface area contributed by atoms with Gasteiger partial charge in [-0.2, -0.15) is 8.78 Å². The van der Waals surface area contributed by atoms with Crippen molar-refractivity contribution in [3.8, 4) is 0 Å². The number of benzene rings is 2. The molecule has 210 valence electrons. The monoisotopic (exact) mass is 628 g/mol. The Labute approximate surface area is 246 Å². The number of nitrogens with one attached hydrogen (secondary N) is 2. The third kappa shape index (κ3) is 5.53. The van der Waals surface area contributed by atoms with E-state index in [0.717, 1.165) is 35.4 Å². The normalized spacial score (nSPS) is 15.3. The number of urea groups is 1. The predicted octanol–water partition coefficient (Wildman–Crippen LogP) is 5.69. The van der Waals surface area contributed by atoms with Crippen LogP contribution in [-0.2, 0) is 25.1 Å². The van der Waals surface area contributed by atoms with E-state index in [1.807, 2.05) is 4.98 Å². The van der Waals surface area contributed by atoms with E-state index < -0.39 is 22.5 Å². The largest absolute Gasteiger partial charge is 0.392 e. The molecule has 14 heteroatoms. The van der Waals surface area contributed by atoms with Gasteiger partial charge in [0, 0.05) is 41.5 Å². The molecular formula is C26H21Cl3F2N4O4S. The van der Waals surface area contributed by atoms with Crippen molar-refractivity contribution in [1.29, 1.82) is 0 Å². The smallest absolute Gasteiger partial charge is 0.362 e. The zero-order valence-corrected chi connectivity index (χ0v) is 23.7. The van der Waals surface area contributed by atoms with Crippen molar-refractivity contribution in [1.82, 2.24) is 15.2 Å². The SMILES string of the molecule is O=C(c1c(Sc2c(Cl)cccc2Cl)cc(C(F)(F)Cl)[nH]c1=O)N1Cc2cc(CO)c(N3CCCNC3=O)cc2C1. The summed E-state index contributed by atoms with van der Waals surface area (Å²) in [5, 5.41) is 9.27. The third-order valence-corrected chi connectivity index (χ3v) is 8.84.